The van der Waals surface area contributed by atoms with E-state index in [2.05, 4.69) is 22.4 Å². The van der Waals surface area contributed by atoms with E-state index in [0.717, 1.165) is 24.1 Å². The van der Waals surface area contributed by atoms with Gasteiger partial charge in [-0.1, -0.05) is 44.2 Å². The van der Waals surface area contributed by atoms with Gasteiger partial charge in [0.1, 0.15) is 5.82 Å². The number of aromatic nitrogens is 2. The molecule has 144 valence electrons. The van der Waals surface area contributed by atoms with Gasteiger partial charge >= 0.3 is 0 Å². The molecule has 0 aliphatic rings. The molecule has 1 N–H and O–H groups in total. The molecule has 0 aliphatic heterocycles. The lowest BCUT2D eigenvalue weighted by molar-refractivity contribution is -0.119. The average molecular weight is 377 g/mol. The summed E-state index contributed by atoms with van der Waals surface area (Å²) < 4.78 is 13.2. The number of carbonyl (C=O) groups is 1. The second-order valence-electron chi connectivity index (χ2n) is 6.84. The van der Waals surface area contributed by atoms with Gasteiger partial charge in [0, 0.05) is 11.5 Å². The fraction of sp³-hybridized carbons (Fsp3) is 0.261. The predicted molar refractivity (Wildman–Crippen MR) is 109 cm³/mol. The van der Waals surface area contributed by atoms with Crippen LogP contribution in [0.4, 0.5) is 10.2 Å². The van der Waals surface area contributed by atoms with E-state index < -0.39 is 0 Å². The van der Waals surface area contributed by atoms with E-state index in [-0.39, 0.29) is 17.6 Å². The van der Waals surface area contributed by atoms with Crippen molar-refractivity contribution < 1.29 is 9.18 Å². The van der Waals surface area contributed by atoms with Crippen molar-refractivity contribution in [1.82, 2.24) is 9.97 Å². The van der Waals surface area contributed by atoms with Crippen molar-refractivity contribution >= 4 is 11.7 Å². The Morgan fingerprint density at radius 2 is 1.79 bits per heavy atom. The van der Waals surface area contributed by atoms with Crippen molar-refractivity contribution in [2.45, 2.75) is 33.1 Å². The number of hydrogen-bond donors (Lipinski definition) is 1. The maximum atomic E-state index is 13.2. The molecule has 0 radical (unpaired) electrons. The number of rotatable bonds is 7. The van der Waals surface area contributed by atoms with Gasteiger partial charge in [-0.05, 0) is 49.1 Å². The van der Waals surface area contributed by atoms with Crippen LogP contribution < -0.4 is 5.32 Å². The molecule has 1 amide bonds. The van der Waals surface area contributed by atoms with E-state index in [1.807, 2.05) is 32.0 Å². The number of nitrogens with zero attached hydrogens (tertiary/aromatic N) is 2. The topological polar surface area (TPSA) is 54.9 Å². The zero-order chi connectivity index (χ0) is 19.9. The van der Waals surface area contributed by atoms with Gasteiger partial charge in [-0.2, -0.15) is 0 Å². The Morgan fingerprint density at radius 3 is 2.46 bits per heavy atom. The molecule has 5 heteroatoms. The van der Waals surface area contributed by atoms with Crippen LogP contribution in [-0.2, 0) is 17.6 Å². The minimum Gasteiger partial charge on any atom is -0.309 e. The van der Waals surface area contributed by atoms with E-state index in [4.69, 9.17) is 4.98 Å². The summed E-state index contributed by atoms with van der Waals surface area (Å²) >= 11 is 0. The van der Waals surface area contributed by atoms with Gasteiger partial charge in [-0.3, -0.25) is 4.79 Å². The Morgan fingerprint density at radius 1 is 1.07 bits per heavy atom. The van der Waals surface area contributed by atoms with Gasteiger partial charge in [-0.15, -0.1) is 0 Å². The lowest BCUT2D eigenvalue weighted by atomic mass is 10.1. The number of benzene rings is 2. The number of carbonyl (C=O) groups excluding carboxylic acids is 1. The Balaban J connectivity index is 1.89. The van der Waals surface area contributed by atoms with Crippen molar-refractivity contribution in [2.75, 3.05) is 5.32 Å². The van der Waals surface area contributed by atoms with Crippen molar-refractivity contribution in [3.63, 3.8) is 0 Å². The SMILES string of the molecule is CCC(C)C(=O)Nc1ncc(-c2ccc(F)cc2)nc1CCc1ccccc1. The third-order valence-corrected chi connectivity index (χ3v) is 4.78. The molecule has 0 spiro atoms. The molecule has 0 aliphatic carbocycles. The van der Waals surface area contributed by atoms with Crippen LogP contribution in [0, 0.1) is 11.7 Å². The smallest absolute Gasteiger partial charge is 0.228 e. The maximum absolute atomic E-state index is 13.2. The van der Waals surface area contributed by atoms with E-state index in [0.29, 0.717) is 17.9 Å². The molecule has 1 unspecified atom stereocenters. The molecule has 1 aromatic heterocycles. The molecule has 1 atom stereocenters. The zero-order valence-corrected chi connectivity index (χ0v) is 16.2. The van der Waals surface area contributed by atoms with Crippen LogP contribution in [0.25, 0.3) is 11.3 Å². The molecule has 28 heavy (non-hydrogen) atoms. The number of halogens is 1. The highest BCUT2D eigenvalue weighted by atomic mass is 19.1. The number of hydrogen-bond acceptors (Lipinski definition) is 3. The van der Waals surface area contributed by atoms with Gasteiger partial charge in [0.25, 0.3) is 0 Å². The normalized spacial score (nSPS) is 11.8. The van der Waals surface area contributed by atoms with Crippen molar-refractivity contribution in [3.05, 3.63) is 77.9 Å². The van der Waals surface area contributed by atoms with Crippen molar-refractivity contribution in [3.8, 4) is 11.3 Å². The molecule has 3 aromatic rings. The van der Waals surface area contributed by atoms with Gasteiger partial charge in [0.05, 0.1) is 17.6 Å². The summed E-state index contributed by atoms with van der Waals surface area (Å²) in [6, 6.07) is 16.3. The van der Waals surface area contributed by atoms with E-state index >= 15 is 0 Å². The first-order valence-corrected chi connectivity index (χ1v) is 9.53. The highest BCUT2D eigenvalue weighted by Gasteiger charge is 2.16. The van der Waals surface area contributed by atoms with Crippen LogP contribution >= 0.6 is 0 Å². The molecule has 0 saturated heterocycles. The molecule has 3 rings (SSSR count). The largest absolute Gasteiger partial charge is 0.309 e. The summed E-state index contributed by atoms with van der Waals surface area (Å²) in [5.41, 5.74) is 3.36. The van der Waals surface area contributed by atoms with Crippen LogP contribution in [0.2, 0.25) is 0 Å². The number of aryl methyl sites for hydroxylation is 2. The Labute approximate surface area is 164 Å². The molecule has 4 nitrogen and oxygen atoms in total. The molecule has 0 bridgehead atoms. The van der Waals surface area contributed by atoms with Crippen LogP contribution in [0.1, 0.15) is 31.5 Å². The van der Waals surface area contributed by atoms with Crippen molar-refractivity contribution in [2.24, 2.45) is 5.92 Å². The predicted octanol–water partition coefficient (Wildman–Crippen LogP) is 5.05. The quantitative estimate of drug-likeness (QED) is 0.627. The van der Waals surface area contributed by atoms with Gasteiger partial charge in [-0.25, -0.2) is 14.4 Å². The third kappa shape index (κ3) is 5.00. The van der Waals surface area contributed by atoms with Crippen LogP contribution in [0.3, 0.4) is 0 Å². The summed E-state index contributed by atoms with van der Waals surface area (Å²) in [5, 5.41) is 2.91. The average Bonchev–Trinajstić information content (AvgIpc) is 2.73. The minimum absolute atomic E-state index is 0.0627. The number of anilines is 1. The van der Waals surface area contributed by atoms with E-state index in [1.54, 1.807) is 18.3 Å². The molecule has 0 saturated carbocycles. The molecular weight excluding hydrogens is 353 g/mol. The maximum Gasteiger partial charge on any atom is 0.228 e. The van der Waals surface area contributed by atoms with Gasteiger partial charge in [0.15, 0.2) is 5.82 Å². The van der Waals surface area contributed by atoms with Gasteiger partial charge < -0.3 is 5.32 Å². The van der Waals surface area contributed by atoms with Crippen LogP contribution in [0.15, 0.2) is 60.8 Å². The van der Waals surface area contributed by atoms with Gasteiger partial charge in [0.2, 0.25) is 5.91 Å². The van der Waals surface area contributed by atoms with Crippen molar-refractivity contribution in [1.29, 1.82) is 0 Å². The highest BCUT2D eigenvalue weighted by Crippen LogP contribution is 2.22. The second kappa shape index (κ2) is 9.22. The third-order valence-electron chi connectivity index (χ3n) is 4.78. The Kier molecular flexibility index (Phi) is 6.48. The lowest BCUT2D eigenvalue weighted by Crippen LogP contribution is -2.22. The summed E-state index contributed by atoms with van der Waals surface area (Å²) in [6.45, 7) is 3.86. The lowest BCUT2D eigenvalue weighted by Gasteiger charge is -2.14. The standard InChI is InChI=1S/C23H24FN3O/c1-3-16(2)23(28)27-22-20(14-9-17-7-5-4-6-8-17)26-21(15-25-22)18-10-12-19(24)13-11-18/h4-8,10-13,15-16H,3,9,14H2,1-2H3,(H,25,27,28). The molecule has 1 heterocycles. The first-order valence-electron chi connectivity index (χ1n) is 9.53. The van der Waals surface area contributed by atoms with Crippen LogP contribution in [-0.4, -0.2) is 15.9 Å². The number of nitrogens with one attached hydrogen (secondary N) is 1. The summed E-state index contributed by atoms with van der Waals surface area (Å²) in [5.74, 6) is 0.0402. The zero-order valence-electron chi connectivity index (χ0n) is 16.2. The first kappa shape index (κ1) is 19.7. The summed E-state index contributed by atoms with van der Waals surface area (Å²) in [6.07, 6.45) is 3.80. The first-order chi connectivity index (χ1) is 13.6. The fourth-order valence-electron chi connectivity index (χ4n) is 2.80. The summed E-state index contributed by atoms with van der Waals surface area (Å²) in [7, 11) is 0. The molecule has 2 aromatic carbocycles. The minimum atomic E-state index is -0.293. The van der Waals surface area contributed by atoms with E-state index in [1.165, 1.54) is 17.7 Å². The molecular formula is C23H24FN3O. The second-order valence-corrected chi connectivity index (χ2v) is 6.84. The molecule has 0 fully saturated rings. The Bertz CT molecular complexity index is 926. The summed E-state index contributed by atoms with van der Waals surface area (Å²) in [4.78, 5) is 21.5. The monoisotopic (exact) mass is 377 g/mol. The van der Waals surface area contributed by atoms with Crippen LogP contribution in [0.5, 0.6) is 0 Å². The van der Waals surface area contributed by atoms with E-state index in [9.17, 15) is 9.18 Å². The Hall–Kier alpha value is -3.08. The number of amides is 1. The fourth-order valence-corrected chi connectivity index (χ4v) is 2.80. The highest BCUT2D eigenvalue weighted by molar-refractivity contribution is 5.91.